The molecule has 4 rings (SSSR count). The van der Waals surface area contributed by atoms with Gasteiger partial charge in [0.1, 0.15) is 16.9 Å². The minimum atomic E-state index is 0. The van der Waals surface area contributed by atoms with E-state index in [0.717, 1.165) is 22.5 Å². The first-order valence-electron chi connectivity index (χ1n) is 6.58. The van der Waals surface area contributed by atoms with Crippen LogP contribution in [0.5, 0.6) is 0 Å². The van der Waals surface area contributed by atoms with Crippen molar-refractivity contribution in [3.63, 3.8) is 0 Å². The highest BCUT2D eigenvalue weighted by Crippen LogP contribution is 2.33. The molecule has 3 nitrogen and oxygen atoms in total. The fourth-order valence-corrected chi connectivity index (χ4v) is 3.62. The van der Waals surface area contributed by atoms with E-state index >= 15 is 0 Å². The molecule has 1 unspecified atom stereocenters. The lowest BCUT2D eigenvalue weighted by atomic mass is 9.97. The third-order valence-corrected chi connectivity index (χ3v) is 4.73. The summed E-state index contributed by atoms with van der Waals surface area (Å²) in [4.78, 5) is 9.33. The van der Waals surface area contributed by atoms with Crippen LogP contribution in [0.1, 0.15) is 22.2 Å². The molecule has 0 aliphatic carbocycles. The number of hydrogen-bond acceptors (Lipinski definition) is 4. The average Bonchev–Trinajstić information content (AvgIpc) is 2.91. The molecule has 1 aliphatic heterocycles. The molecule has 1 aliphatic rings. The van der Waals surface area contributed by atoms with Crippen molar-refractivity contribution in [1.29, 1.82) is 0 Å². The number of aliphatic imine (C=N–C) groups is 1. The predicted octanol–water partition coefficient (Wildman–Crippen LogP) is 3.72. The Bertz CT molecular complexity index is 792. The summed E-state index contributed by atoms with van der Waals surface area (Å²) in [6.45, 7) is 0. The summed E-state index contributed by atoms with van der Waals surface area (Å²) in [7, 11) is 0. The van der Waals surface area contributed by atoms with E-state index in [1.54, 1.807) is 11.3 Å². The van der Waals surface area contributed by atoms with Crippen LogP contribution in [0.15, 0.2) is 53.5 Å². The standard InChI is InChI=1S/C16H13N3S.ClH/c17-15-11-6-2-1-5-10(11)9-13(18-15)16-19-12-7-3-4-8-14(12)20-16;/h1-8,13H,9H2,(H2,17,18);1H. The van der Waals surface area contributed by atoms with E-state index in [-0.39, 0.29) is 18.4 Å². The number of halogens is 1. The first-order valence-corrected chi connectivity index (χ1v) is 7.40. The molecule has 2 aromatic carbocycles. The second kappa shape index (κ2) is 5.47. The molecule has 0 radical (unpaired) electrons. The average molecular weight is 316 g/mol. The summed E-state index contributed by atoms with van der Waals surface area (Å²) in [5.41, 5.74) is 9.45. The Labute approximate surface area is 133 Å². The van der Waals surface area contributed by atoms with Crippen LogP contribution in [0.2, 0.25) is 0 Å². The number of para-hydroxylation sites is 1. The minimum Gasteiger partial charge on any atom is -0.383 e. The van der Waals surface area contributed by atoms with Crippen LogP contribution in [0.4, 0.5) is 0 Å². The van der Waals surface area contributed by atoms with Gasteiger partial charge in [0.2, 0.25) is 0 Å². The molecule has 0 bridgehead atoms. The number of rotatable bonds is 1. The van der Waals surface area contributed by atoms with Gasteiger partial charge in [-0.05, 0) is 17.7 Å². The van der Waals surface area contributed by atoms with Gasteiger partial charge in [0.15, 0.2) is 0 Å². The van der Waals surface area contributed by atoms with E-state index < -0.39 is 0 Å². The molecule has 106 valence electrons. The van der Waals surface area contributed by atoms with Crippen molar-refractivity contribution in [3.05, 3.63) is 64.7 Å². The fourth-order valence-electron chi connectivity index (χ4n) is 2.61. The van der Waals surface area contributed by atoms with E-state index in [9.17, 15) is 0 Å². The Morgan fingerprint density at radius 1 is 1.05 bits per heavy atom. The van der Waals surface area contributed by atoms with Crippen LogP contribution in [0, 0.1) is 0 Å². The second-order valence-corrected chi connectivity index (χ2v) is 5.97. The summed E-state index contributed by atoms with van der Waals surface area (Å²) in [6, 6.07) is 16.4. The lowest BCUT2D eigenvalue weighted by Crippen LogP contribution is -2.22. The molecular formula is C16H14ClN3S. The number of thiazole rings is 1. The Morgan fingerprint density at radius 2 is 1.81 bits per heavy atom. The number of nitrogens with two attached hydrogens (primary N) is 1. The molecule has 2 heterocycles. The Hall–Kier alpha value is -1.91. The number of fused-ring (bicyclic) bond motifs is 2. The van der Waals surface area contributed by atoms with Gasteiger partial charge in [0.05, 0.1) is 10.2 Å². The highest BCUT2D eigenvalue weighted by atomic mass is 35.5. The highest BCUT2D eigenvalue weighted by Gasteiger charge is 2.23. The number of nitrogens with zero attached hydrogens (tertiary/aromatic N) is 2. The van der Waals surface area contributed by atoms with Crippen LogP contribution >= 0.6 is 23.7 Å². The van der Waals surface area contributed by atoms with Crippen LogP contribution in [0.3, 0.4) is 0 Å². The van der Waals surface area contributed by atoms with Crippen LogP contribution in [-0.2, 0) is 6.42 Å². The number of benzene rings is 2. The zero-order valence-electron chi connectivity index (χ0n) is 11.2. The lowest BCUT2D eigenvalue weighted by molar-refractivity contribution is 0.705. The fraction of sp³-hybridized carbons (Fsp3) is 0.125. The van der Waals surface area contributed by atoms with Gasteiger partial charge in [-0.15, -0.1) is 23.7 Å². The van der Waals surface area contributed by atoms with E-state index in [2.05, 4.69) is 17.1 Å². The maximum Gasteiger partial charge on any atom is 0.126 e. The summed E-state index contributed by atoms with van der Waals surface area (Å²) in [5.74, 6) is 0.621. The second-order valence-electron chi connectivity index (χ2n) is 4.91. The molecule has 5 heteroatoms. The maximum absolute atomic E-state index is 6.10. The maximum atomic E-state index is 6.10. The molecule has 0 spiro atoms. The molecule has 0 saturated carbocycles. The molecule has 2 N–H and O–H groups in total. The summed E-state index contributed by atoms with van der Waals surface area (Å²) in [6.07, 6.45) is 0.872. The third-order valence-electron chi connectivity index (χ3n) is 3.60. The largest absolute Gasteiger partial charge is 0.383 e. The summed E-state index contributed by atoms with van der Waals surface area (Å²) < 4.78 is 1.20. The number of aromatic nitrogens is 1. The smallest absolute Gasteiger partial charge is 0.126 e. The summed E-state index contributed by atoms with van der Waals surface area (Å²) in [5, 5.41) is 1.05. The normalized spacial score (nSPS) is 17.0. The molecule has 0 amide bonds. The van der Waals surface area contributed by atoms with Gasteiger partial charge in [0, 0.05) is 12.0 Å². The van der Waals surface area contributed by atoms with Gasteiger partial charge >= 0.3 is 0 Å². The molecule has 3 aromatic rings. The minimum absolute atomic E-state index is 0. The zero-order chi connectivity index (χ0) is 13.5. The van der Waals surface area contributed by atoms with E-state index in [0.29, 0.717) is 5.84 Å². The SMILES string of the molecule is Cl.NC1=NC(c2nc3ccccc3s2)Cc2ccccc21. The van der Waals surface area contributed by atoms with Crippen molar-refractivity contribution in [2.24, 2.45) is 10.7 Å². The van der Waals surface area contributed by atoms with Gasteiger partial charge in [-0.2, -0.15) is 0 Å². The van der Waals surface area contributed by atoms with Crippen LogP contribution in [0.25, 0.3) is 10.2 Å². The Morgan fingerprint density at radius 3 is 2.67 bits per heavy atom. The lowest BCUT2D eigenvalue weighted by Gasteiger charge is -2.19. The van der Waals surface area contributed by atoms with E-state index in [4.69, 9.17) is 10.7 Å². The molecule has 21 heavy (non-hydrogen) atoms. The molecular weight excluding hydrogens is 302 g/mol. The van der Waals surface area contributed by atoms with Crippen LogP contribution < -0.4 is 5.73 Å². The van der Waals surface area contributed by atoms with Crippen molar-refractivity contribution in [3.8, 4) is 0 Å². The number of hydrogen-bond donors (Lipinski definition) is 1. The Balaban J connectivity index is 0.00000132. The predicted molar refractivity (Wildman–Crippen MR) is 90.5 cm³/mol. The monoisotopic (exact) mass is 315 g/mol. The third kappa shape index (κ3) is 2.41. The topological polar surface area (TPSA) is 51.3 Å². The molecule has 0 saturated heterocycles. The first kappa shape index (κ1) is 14.0. The van der Waals surface area contributed by atoms with Gasteiger partial charge in [0.25, 0.3) is 0 Å². The highest BCUT2D eigenvalue weighted by molar-refractivity contribution is 7.18. The quantitative estimate of drug-likeness (QED) is 0.744. The van der Waals surface area contributed by atoms with Crippen molar-refractivity contribution >= 4 is 39.8 Å². The van der Waals surface area contributed by atoms with Crippen molar-refractivity contribution < 1.29 is 0 Å². The van der Waals surface area contributed by atoms with Gasteiger partial charge in [-0.25, -0.2) is 4.98 Å². The zero-order valence-corrected chi connectivity index (χ0v) is 12.8. The van der Waals surface area contributed by atoms with Crippen molar-refractivity contribution in [1.82, 2.24) is 4.98 Å². The van der Waals surface area contributed by atoms with Crippen molar-refractivity contribution in [2.75, 3.05) is 0 Å². The van der Waals surface area contributed by atoms with Crippen LogP contribution in [-0.4, -0.2) is 10.8 Å². The van der Waals surface area contributed by atoms with Crippen molar-refractivity contribution in [2.45, 2.75) is 12.5 Å². The first-order chi connectivity index (χ1) is 9.81. The van der Waals surface area contributed by atoms with Gasteiger partial charge in [-0.1, -0.05) is 36.4 Å². The van der Waals surface area contributed by atoms with E-state index in [1.165, 1.54) is 10.3 Å². The van der Waals surface area contributed by atoms with E-state index in [1.807, 2.05) is 36.4 Å². The molecule has 1 aromatic heterocycles. The molecule has 1 atom stereocenters. The number of amidine groups is 1. The summed E-state index contributed by atoms with van der Waals surface area (Å²) >= 11 is 1.71. The van der Waals surface area contributed by atoms with Gasteiger partial charge in [-0.3, -0.25) is 4.99 Å². The molecule has 0 fully saturated rings. The van der Waals surface area contributed by atoms with Gasteiger partial charge < -0.3 is 5.73 Å². The Kier molecular flexibility index (Phi) is 3.66.